The van der Waals surface area contributed by atoms with E-state index in [0.29, 0.717) is 28.8 Å². The zero-order chi connectivity index (χ0) is 21.1. The van der Waals surface area contributed by atoms with Crippen LogP contribution in [0, 0.1) is 0 Å². The Labute approximate surface area is 172 Å². The molecule has 4 aromatic rings. The van der Waals surface area contributed by atoms with Crippen molar-refractivity contribution in [2.24, 2.45) is 7.05 Å². The van der Waals surface area contributed by atoms with Gasteiger partial charge in [-0.25, -0.2) is 4.98 Å². The Balaban J connectivity index is 1.68. The third-order valence-electron chi connectivity index (χ3n) is 4.61. The van der Waals surface area contributed by atoms with Gasteiger partial charge in [-0.05, 0) is 29.8 Å². The summed E-state index contributed by atoms with van der Waals surface area (Å²) < 4.78 is 23.1. The number of rotatable bonds is 7. The van der Waals surface area contributed by atoms with E-state index < -0.39 is 11.9 Å². The molecule has 30 heavy (non-hydrogen) atoms. The molecule has 9 nitrogen and oxygen atoms in total. The fraction of sp³-hybridized carbons (Fsp3) is 0.190. The molecule has 0 saturated carbocycles. The van der Waals surface area contributed by atoms with Gasteiger partial charge in [0.15, 0.2) is 11.5 Å². The van der Waals surface area contributed by atoms with Crippen molar-refractivity contribution in [1.82, 2.24) is 20.0 Å². The van der Waals surface area contributed by atoms with Gasteiger partial charge in [0.1, 0.15) is 23.4 Å². The van der Waals surface area contributed by atoms with Gasteiger partial charge in [-0.2, -0.15) is 0 Å². The lowest BCUT2D eigenvalue weighted by molar-refractivity contribution is 0.0932. The summed E-state index contributed by atoms with van der Waals surface area (Å²) in [7, 11) is 4.99. The van der Waals surface area contributed by atoms with Crippen LogP contribution in [0.3, 0.4) is 0 Å². The van der Waals surface area contributed by atoms with E-state index in [1.165, 1.54) is 12.3 Å². The molecule has 1 unspecified atom stereocenters. The maximum absolute atomic E-state index is 13.0. The zero-order valence-electron chi connectivity index (χ0n) is 16.7. The molecule has 0 fully saturated rings. The van der Waals surface area contributed by atoms with Crippen LogP contribution in [0.5, 0.6) is 11.5 Å². The molecular weight excluding hydrogens is 388 g/mol. The standard InChI is InChI=1S/C21H20N4O5/c1-25-7-6-22-20(25)19(13-9-14(27-2)11-15(10-13)28-3)23-21(26)16-12-18(30-24-16)17-5-4-8-29-17/h4-12,19H,1-3H3,(H,23,26). The summed E-state index contributed by atoms with van der Waals surface area (Å²) in [6.45, 7) is 0. The number of hydrogen-bond donors (Lipinski definition) is 1. The molecule has 0 saturated heterocycles. The maximum Gasteiger partial charge on any atom is 0.274 e. The summed E-state index contributed by atoms with van der Waals surface area (Å²) in [5.74, 6) is 2.25. The van der Waals surface area contributed by atoms with Crippen molar-refractivity contribution in [3.05, 3.63) is 72.1 Å². The number of nitrogens with one attached hydrogen (secondary N) is 1. The zero-order valence-corrected chi connectivity index (χ0v) is 16.7. The monoisotopic (exact) mass is 408 g/mol. The number of furan rings is 1. The third-order valence-corrected chi connectivity index (χ3v) is 4.61. The molecule has 1 atom stereocenters. The van der Waals surface area contributed by atoms with Crippen LogP contribution < -0.4 is 14.8 Å². The van der Waals surface area contributed by atoms with Crippen molar-refractivity contribution in [1.29, 1.82) is 0 Å². The smallest absolute Gasteiger partial charge is 0.274 e. The van der Waals surface area contributed by atoms with Crippen LogP contribution in [-0.4, -0.2) is 34.8 Å². The predicted molar refractivity (Wildman–Crippen MR) is 106 cm³/mol. The quantitative estimate of drug-likeness (QED) is 0.501. The van der Waals surface area contributed by atoms with Gasteiger partial charge in [0.25, 0.3) is 5.91 Å². The Morgan fingerprint density at radius 1 is 1.13 bits per heavy atom. The van der Waals surface area contributed by atoms with E-state index in [1.807, 2.05) is 23.7 Å². The highest BCUT2D eigenvalue weighted by atomic mass is 16.5. The lowest BCUT2D eigenvalue weighted by Crippen LogP contribution is -2.31. The van der Waals surface area contributed by atoms with Crippen molar-refractivity contribution < 1.29 is 23.2 Å². The normalized spacial score (nSPS) is 11.8. The van der Waals surface area contributed by atoms with E-state index in [1.54, 1.807) is 44.8 Å². The number of imidazole rings is 1. The molecule has 3 heterocycles. The van der Waals surface area contributed by atoms with Gasteiger partial charge >= 0.3 is 0 Å². The second-order valence-corrected chi connectivity index (χ2v) is 6.50. The highest BCUT2D eigenvalue weighted by molar-refractivity contribution is 5.93. The van der Waals surface area contributed by atoms with Gasteiger partial charge in [-0.3, -0.25) is 4.79 Å². The first-order valence-electron chi connectivity index (χ1n) is 9.10. The number of ether oxygens (including phenoxy) is 2. The number of amides is 1. The van der Waals surface area contributed by atoms with Gasteiger partial charge in [0, 0.05) is 31.6 Å². The minimum atomic E-state index is -0.578. The molecule has 0 aliphatic carbocycles. The SMILES string of the molecule is COc1cc(OC)cc(C(NC(=O)c2cc(-c3ccco3)on2)c2nccn2C)c1. The summed E-state index contributed by atoms with van der Waals surface area (Å²) in [5.41, 5.74) is 0.860. The first-order chi connectivity index (χ1) is 14.6. The van der Waals surface area contributed by atoms with Gasteiger partial charge < -0.3 is 28.3 Å². The molecule has 0 bridgehead atoms. The molecule has 9 heteroatoms. The topological polar surface area (TPSA) is 105 Å². The van der Waals surface area contributed by atoms with Crippen LogP contribution in [0.15, 0.2) is 64.0 Å². The molecule has 0 aliphatic heterocycles. The molecule has 154 valence electrons. The summed E-state index contributed by atoms with van der Waals surface area (Å²) in [4.78, 5) is 17.4. The minimum Gasteiger partial charge on any atom is -0.497 e. The molecule has 1 N–H and O–H groups in total. The van der Waals surface area contributed by atoms with E-state index in [4.69, 9.17) is 18.4 Å². The molecule has 0 spiro atoms. The fourth-order valence-corrected chi connectivity index (χ4v) is 3.07. The fourth-order valence-electron chi connectivity index (χ4n) is 3.07. The van der Waals surface area contributed by atoms with Crippen molar-refractivity contribution in [3.8, 4) is 23.0 Å². The number of hydrogen-bond acceptors (Lipinski definition) is 7. The molecule has 4 rings (SSSR count). The molecule has 3 aromatic heterocycles. The lowest BCUT2D eigenvalue weighted by atomic mass is 10.0. The average molecular weight is 408 g/mol. The second kappa shape index (κ2) is 8.16. The van der Waals surface area contributed by atoms with Crippen LogP contribution >= 0.6 is 0 Å². The summed E-state index contributed by atoms with van der Waals surface area (Å²) in [6, 6.07) is 9.79. The van der Waals surface area contributed by atoms with Crippen molar-refractivity contribution in [2.45, 2.75) is 6.04 Å². The Morgan fingerprint density at radius 2 is 1.90 bits per heavy atom. The number of carbonyl (C=O) groups is 1. The van der Waals surface area contributed by atoms with Gasteiger partial charge in [0.2, 0.25) is 5.76 Å². The summed E-state index contributed by atoms with van der Waals surface area (Å²) in [6.07, 6.45) is 4.99. The number of aromatic nitrogens is 3. The minimum absolute atomic E-state index is 0.121. The van der Waals surface area contributed by atoms with Crippen LogP contribution in [0.2, 0.25) is 0 Å². The molecule has 0 radical (unpaired) electrons. The Morgan fingerprint density at radius 3 is 2.50 bits per heavy atom. The van der Waals surface area contributed by atoms with Crippen LogP contribution in [-0.2, 0) is 7.05 Å². The molecule has 1 amide bonds. The van der Waals surface area contributed by atoms with Gasteiger partial charge in [-0.15, -0.1) is 0 Å². The second-order valence-electron chi connectivity index (χ2n) is 6.50. The Hall–Kier alpha value is -4.01. The Kier molecular flexibility index (Phi) is 5.25. The predicted octanol–water partition coefficient (Wildman–Crippen LogP) is 3.20. The van der Waals surface area contributed by atoms with Crippen LogP contribution in [0.25, 0.3) is 11.5 Å². The number of aryl methyl sites for hydroxylation is 1. The lowest BCUT2D eigenvalue weighted by Gasteiger charge is -2.20. The van der Waals surface area contributed by atoms with Crippen molar-refractivity contribution >= 4 is 5.91 Å². The summed E-state index contributed by atoms with van der Waals surface area (Å²) >= 11 is 0. The highest BCUT2D eigenvalue weighted by Crippen LogP contribution is 2.30. The first kappa shape index (κ1) is 19.3. The average Bonchev–Trinajstić information content (AvgIpc) is 3.52. The number of methoxy groups -OCH3 is 2. The Bertz CT molecular complexity index is 1120. The van der Waals surface area contributed by atoms with Crippen LogP contribution in [0.4, 0.5) is 0 Å². The molecule has 1 aromatic carbocycles. The highest BCUT2D eigenvalue weighted by Gasteiger charge is 2.25. The van der Waals surface area contributed by atoms with Crippen LogP contribution in [0.1, 0.15) is 27.9 Å². The van der Waals surface area contributed by atoms with Gasteiger partial charge in [-0.1, -0.05) is 5.16 Å². The first-order valence-corrected chi connectivity index (χ1v) is 9.10. The summed E-state index contributed by atoms with van der Waals surface area (Å²) in [5, 5.41) is 6.83. The van der Waals surface area contributed by atoms with Gasteiger partial charge in [0.05, 0.1) is 20.5 Å². The largest absolute Gasteiger partial charge is 0.497 e. The number of benzene rings is 1. The number of carbonyl (C=O) groups excluding carboxylic acids is 1. The van der Waals surface area contributed by atoms with E-state index in [0.717, 1.165) is 5.56 Å². The van der Waals surface area contributed by atoms with Crippen molar-refractivity contribution in [2.75, 3.05) is 14.2 Å². The molecule has 0 aliphatic rings. The number of nitrogens with zero attached hydrogens (tertiary/aromatic N) is 3. The third kappa shape index (κ3) is 3.77. The van der Waals surface area contributed by atoms with E-state index in [2.05, 4.69) is 15.5 Å². The van der Waals surface area contributed by atoms with Crippen molar-refractivity contribution in [3.63, 3.8) is 0 Å². The van der Waals surface area contributed by atoms with E-state index in [9.17, 15) is 4.79 Å². The van der Waals surface area contributed by atoms with E-state index >= 15 is 0 Å². The molecular formula is C21H20N4O5. The van der Waals surface area contributed by atoms with E-state index in [-0.39, 0.29) is 5.69 Å². The maximum atomic E-state index is 13.0.